The largest absolute Gasteiger partial charge is 0.870 e. The molecule has 0 saturated heterocycles. The Morgan fingerprint density at radius 2 is 1.84 bits per heavy atom. The van der Waals surface area contributed by atoms with E-state index in [0.29, 0.717) is 0 Å². The Labute approximate surface area is 142 Å². The summed E-state index contributed by atoms with van der Waals surface area (Å²) < 4.78 is 41.4. The molecule has 9 nitrogen and oxygen atoms in total. The van der Waals surface area contributed by atoms with Crippen LogP contribution < -0.4 is 9.84 Å². The van der Waals surface area contributed by atoms with E-state index in [0.717, 1.165) is 18.2 Å². The monoisotopic (exact) mass is 369 g/mol. The number of hydrogen-bond donors (Lipinski definition) is 4. The lowest BCUT2D eigenvalue weighted by Crippen LogP contribution is -2.34. The number of benzene rings is 2. The van der Waals surface area contributed by atoms with Gasteiger partial charge in [0.15, 0.2) is 17.6 Å². The molecule has 0 saturated carbocycles. The van der Waals surface area contributed by atoms with Crippen molar-refractivity contribution in [2.75, 3.05) is 0 Å². The van der Waals surface area contributed by atoms with E-state index in [-0.39, 0.29) is 29.0 Å². The first-order valence-electron chi connectivity index (χ1n) is 7.01. The van der Waals surface area contributed by atoms with E-state index in [9.17, 15) is 28.8 Å². The van der Waals surface area contributed by atoms with Gasteiger partial charge in [-0.05, 0) is 35.4 Å². The third-order valence-corrected chi connectivity index (χ3v) is 4.18. The van der Waals surface area contributed by atoms with E-state index >= 15 is 0 Å². The second-order valence-electron chi connectivity index (χ2n) is 5.49. The first kappa shape index (κ1) is 17.1. The third-order valence-electron chi connectivity index (χ3n) is 3.69. The number of ether oxygens (including phenoxy) is 1. The Hall–Kier alpha value is -2.69. The molecule has 0 aliphatic carbocycles. The van der Waals surface area contributed by atoms with Gasteiger partial charge in [0, 0.05) is 6.42 Å². The number of phenols is 3. The van der Waals surface area contributed by atoms with Gasteiger partial charge in [0.25, 0.3) is 0 Å². The molecule has 4 N–H and O–H groups in total. The maximum Gasteiger partial charge on any atom is 0.397 e. The van der Waals surface area contributed by atoms with E-state index in [1.807, 2.05) is 0 Å². The van der Waals surface area contributed by atoms with Gasteiger partial charge in [0.2, 0.25) is 0 Å². The molecule has 0 spiro atoms. The second kappa shape index (κ2) is 5.99. The maximum atomic E-state index is 12.0. The molecule has 0 bridgehead atoms. The Morgan fingerprint density at radius 1 is 1.12 bits per heavy atom. The number of hydrogen-bond acceptors (Lipinski definition) is 8. The van der Waals surface area contributed by atoms with Gasteiger partial charge in [0.05, 0.1) is 0 Å². The summed E-state index contributed by atoms with van der Waals surface area (Å²) in [5.41, 5.74) is 0.417. The molecule has 10 heteroatoms. The minimum absolute atomic E-state index is 0.106. The van der Waals surface area contributed by atoms with Gasteiger partial charge >= 0.3 is 10.4 Å². The van der Waals surface area contributed by atoms with Gasteiger partial charge < -0.3 is 25.2 Å². The van der Waals surface area contributed by atoms with Crippen LogP contribution in [0.4, 0.5) is 0 Å². The van der Waals surface area contributed by atoms with Crippen molar-refractivity contribution < 1.29 is 42.3 Å². The quantitative estimate of drug-likeness (QED) is 0.452. The Kier molecular flexibility index (Phi) is 4.11. The third kappa shape index (κ3) is 3.55. The highest BCUT2D eigenvalue weighted by atomic mass is 32.3. The average molecular weight is 369 g/mol. The van der Waals surface area contributed by atoms with Crippen LogP contribution in [-0.4, -0.2) is 34.4 Å². The standard InChI is InChI=1S/C15H14O9S/c16-9-3-8-5-13(24-25(20,21)22)15(23-14(8)12(19)6-9)7-1-2-10(17)11(18)4-7/h1-4,6,13,15-19H,5H2,(H,20,21,22)/p-1/t13-,15?/m1/s1. The Balaban J connectivity index is 2.07. The summed E-state index contributed by atoms with van der Waals surface area (Å²) in [6.07, 6.45) is -2.60. The topological polar surface area (TPSA) is 157 Å². The molecule has 25 heavy (non-hydrogen) atoms. The van der Waals surface area contributed by atoms with Gasteiger partial charge in [-0.25, -0.2) is 4.18 Å². The molecule has 3 rings (SSSR count). The molecule has 0 radical (unpaired) electrons. The summed E-state index contributed by atoms with van der Waals surface area (Å²) >= 11 is 0. The molecule has 0 amide bonds. The summed E-state index contributed by atoms with van der Waals surface area (Å²) in [5, 5.41) is 40.5. The van der Waals surface area contributed by atoms with Crippen LogP contribution >= 0.6 is 0 Å². The van der Waals surface area contributed by atoms with Crippen molar-refractivity contribution >= 4 is 10.4 Å². The van der Waals surface area contributed by atoms with Crippen LogP contribution in [0.5, 0.6) is 28.7 Å². The fourth-order valence-electron chi connectivity index (χ4n) is 2.70. The van der Waals surface area contributed by atoms with Crippen LogP contribution in [0.25, 0.3) is 0 Å². The smallest absolute Gasteiger partial charge is 0.397 e. The minimum atomic E-state index is -4.84. The lowest BCUT2D eigenvalue weighted by molar-refractivity contribution is -0.271. The van der Waals surface area contributed by atoms with Crippen molar-refractivity contribution in [2.24, 2.45) is 0 Å². The van der Waals surface area contributed by atoms with Gasteiger partial charge in [-0.3, -0.25) is 4.55 Å². The average Bonchev–Trinajstić information content (AvgIpc) is 2.48. The van der Waals surface area contributed by atoms with Crippen LogP contribution in [0.2, 0.25) is 0 Å². The zero-order valence-corrected chi connectivity index (χ0v) is 13.3. The van der Waals surface area contributed by atoms with Gasteiger partial charge in [-0.15, -0.1) is 0 Å². The highest BCUT2D eigenvalue weighted by molar-refractivity contribution is 7.80. The molecule has 1 aliphatic heterocycles. The molecule has 134 valence electrons. The summed E-state index contributed by atoms with van der Waals surface area (Å²) in [7, 11) is -4.84. The minimum Gasteiger partial charge on any atom is -0.870 e. The molecule has 2 aromatic rings. The lowest BCUT2D eigenvalue weighted by Gasteiger charge is -2.35. The maximum absolute atomic E-state index is 12.0. The first-order chi connectivity index (χ1) is 11.6. The number of phenolic OH excluding ortho intramolecular Hbond substituents is 3. The van der Waals surface area contributed by atoms with Crippen LogP contribution in [0, 0.1) is 0 Å². The normalized spacial score (nSPS) is 19.9. The number of fused-ring (bicyclic) bond motifs is 1. The summed E-state index contributed by atoms with van der Waals surface area (Å²) in [6, 6.07) is 5.78. The zero-order valence-electron chi connectivity index (χ0n) is 12.5. The Morgan fingerprint density at radius 3 is 2.48 bits per heavy atom. The highest BCUT2D eigenvalue weighted by Gasteiger charge is 2.36. The zero-order chi connectivity index (χ0) is 18.4. The van der Waals surface area contributed by atoms with Crippen LogP contribution in [0.3, 0.4) is 0 Å². The summed E-state index contributed by atoms with van der Waals surface area (Å²) in [5.74, 6) is -1.93. The fraction of sp³-hybridized carbons (Fsp3) is 0.200. The van der Waals surface area contributed by atoms with E-state index in [2.05, 4.69) is 4.18 Å². The number of rotatable bonds is 3. The molecular formula is C15H13O9S-. The molecule has 0 aromatic heterocycles. The summed E-state index contributed by atoms with van der Waals surface area (Å²) in [6.45, 7) is 0. The Bertz CT molecular complexity index is 923. The van der Waals surface area contributed by atoms with E-state index in [1.54, 1.807) is 0 Å². The molecule has 2 atom stereocenters. The van der Waals surface area contributed by atoms with Crippen molar-refractivity contribution in [2.45, 2.75) is 18.6 Å². The van der Waals surface area contributed by atoms with E-state index in [4.69, 9.17) is 9.29 Å². The second-order valence-corrected chi connectivity index (χ2v) is 6.53. The van der Waals surface area contributed by atoms with Crippen molar-refractivity contribution in [1.29, 1.82) is 0 Å². The molecule has 1 aliphatic rings. The molecular weight excluding hydrogens is 356 g/mol. The van der Waals surface area contributed by atoms with Crippen molar-refractivity contribution in [3.05, 3.63) is 41.5 Å². The lowest BCUT2D eigenvalue weighted by atomic mass is 9.94. The van der Waals surface area contributed by atoms with Crippen LogP contribution in [0.15, 0.2) is 30.3 Å². The van der Waals surface area contributed by atoms with E-state index < -0.39 is 39.9 Å². The predicted octanol–water partition coefficient (Wildman–Crippen LogP) is 0.741. The molecule has 1 heterocycles. The van der Waals surface area contributed by atoms with Gasteiger partial charge in [-0.1, -0.05) is 11.8 Å². The molecule has 0 fully saturated rings. The van der Waals surface area contributed by atoms with Crippen LogP contribution in [-0.2, 0) is 21.0 Å². The van der Waals surface area contributed by atoms with Crippen molar-refractivity contribution in [1.82, 2.24) is 0 Å². The van der Waals surface area contributed by atoms with Crippen molar-refractivity contribution in [3.63, 3.8) is 0 Å². The predicted molar refractivity (Wildman–Crippen MR) is 80.8 cm³/mol. The van der Waals surface area contributed by atoms with Crippen LogP contribution in [0.1, 0.15) is 17.2 Å². The number of aromatic hydroxyl groups is 3. The summed E-state index contributed by atoms with van der Waals surface area (Å²) in [4.78, 5) is 0. The molecule has 2 aromatic carbocycles. The first-order valence-corrected chi connectivity index (χ1v) is 8.37. The highest BCUT2D eigenvalue weighted by Crippen LogP contribution is 2.43. The SMILES string of the molecule is O=S(=O)(O)O[C@@H]1Cc2cc(O)cc([O-])c2OC1c1ccc(O)c(O)c1. The van der Waals surface area contributed by atoms with Crippen molar-refractivity contribution in [3.8, 4) is 28.7 Å². The molecule has 1 unspecified atom stereocenters. The van der Waals surface area contributed by atoms with Gasteiger partial charge in [-0.2, -0.15) is 8.42 Å². The van der Waals surface area contributed by atoms with Gasteiger partial charge in [0.1, 0.15) is 17.6 Å². The van der Waals surface area contributed by atoms with E-state index in [1.165, 1.54) is 12.1 Å². The fourth-order valence-corrected chi connectivity index (χ4v) is 3.18.